The summed E-state index contributed by atoms with van der Waals surface area (Å²) in [6.07, 6.45) is -0.125. The van der Waals surface area contributed by atoms with Crippen molar-refractivity contribution in [2.75, 3.05) is 0 Å². The van der Waals surface area contributed by atoms with Gasteiger partial charge in [0.2, 0.25) is 0 Å². The standard InChI is InChI=1S/C9H8O4S/c10-7(11)4-6-3-5-1-2-14-8(5)9(12)13-6/h1-2,6H,3-4H2,(H,10,11)/t6-/m1/s1. The molecule has 74 valence electrons. The number of carbonyl (C=O) groups is 2. The molecular formula is C9H8O4S. The fourth-order valence-electron chi connectivity index (χ4n) is 1.48. The maximum Gasteiger partial charge on any atom is 0.348 e. The SMILES string of the molecule is O=C(O)C[C@H]1Cc2ccsc2C(=O)O1. The molecule has 0 amide bonds. The number of carboxylic acids is 1. The first-order valence-corrected chi connectivity index (χ1v) is 5.04. The molecule has 2 rings (SSSR count). The predicted molar refractivity (Wildman–Crippen MR) is 49.5 cm³/mol. The monoisotopic (exact) mass is 212 g/mol. The lowest BCUT2D eigenvalue weighted by Crippen LogP contribution is -2.28. The quantitative estimate of drug-likeness (QED) is 0.750. The molecule has 1 aliphatic heterocycles. The molecule has 0 bridgehead atoms. The van der Waals surface area contributed by atoms with Gasteiger partial charge in [-0.05, 0) is 17.0 Å². The van der Waals surface area contributed by atoms with Crippen LogP contribution in [0.5, 0.6) is 0 Å². The zero-order chi connectivity index (χ0) is 10.1. The first-order chi connectivity index (χ1) is 6.66. The molecule has 1 aliphatic rings. The van der Waals surface area contributed by atoms with Gasteiger partial charge in [-0.25, -0.2) is 4.79 Å². The molecule has 5 heteroatoms. The number of fused-ring (bicyclic) bond motifs is 1. The summed E-state index contributed by atoms with van der Waals surface area (Å²) in [5.41, 5.74) is 0.900. The van der Waals surface area contributed by atoms with E-state index in [4.69, 9.17) is 9.84 Å². The molecule has 0 radical (unpaired) electrons. The first kappa shape index (κ1) is 9.21. The van der Waals surface area contributed by atoms with E-state index in [-0.39, 0.29) is 6.42 Å². The topological polar surface area (TPSA) is 63.6 Å². The Balaban J connectivity index is 2.17. The van der Waals surface area contributed by atoms with E-state index < -0.39 is 18.0 Å². The molecule has 1 atom stereocenters. The van der Waals surface area contributed by atoms with E-state index in [9.17, 15) is 9.59 Å². The Morgan fingerprint density at radius 1 is 1.71 bits per heavy atom. The van der Waals surface area contributed by atoms with E-state index in [0.717, 1.165) is 5.56 Å². The predicted octanol–water partition coefficient (Wildman–Crippen LogP) is 1.30. The van der Waals surface area contributed by atoms with Crippen LogP contribution < -0.4 is 0 Å². The van der Waals surface area contributed by atoms with Crippen LogP contribution in [0.3, 0.4) is 0 Å². The van der Waals surface area contributed by atoms with Crippen LogP contribution in [0.1, 0.15) is 21.7 Å². The number of thiophene rings is 1. The fourth-order valence-corrected chi connectivity index (χ4v) is 2.29. The minimum absolute atomic E-state index is 0.124. The zero-order valence-corrected chi connectivity index (χ0v) is 8.04. The largest absolute Gasteiger partial charge is 0.481 e. The Morgan fingerprint density at radius 2 is 2.50 bits per heavy atom. The van der Waals surface area contributed by atoms with Crippen LogP contribution in [-0.4, -0.2) is 23.1 Å². The Kier molecular flexibility index (Phi) is 2.25. The molecule has 4 nitrogen and oxygen atoms in total. The van der Waals surface area contributed by atoms with Gasteiger partial charge in [-0.15, -0.1) is 11.3 Å². The molecular weight excluding hydrogens is 204 g/mol. The van der Waals surface area contributed by atoms with Gasteiger partial charge in [-0.3, -0.25) is 4.79 Å². The highest BCUT2D eigenvalue weighted by Gasteiger charge is 2.28. The van der Waals surface area contributed by atoms with Gasteiger partial charge in [0.15, 0.2) is 0 Å². The molecule has 1 N–H and O–H groups in total. The molecule has 0 aromatic carbocycles. The van der Waals surface area contributed by atoms with Crippen molar-refractivity contribution < 1.29 is 19.4 Å². The van der Waals surface area contributed by atoms with Crippen molar-refractivity contribution in [2.24, 2.45) is 0 Å². The molecule has 1 aromatic heterocycles. The van der Waals surface area contributed by atoms with Gasteiger partial charge in [0, 0.05) is 6.42 Å². The molecule has 0 saturated heterocycles. The second-order valence-electron chi connectivity index (χ2n) is 3.10. The summed E-state index contributed by atoms with van der Waals surface area (Å²) in [5, 5.41) is 10.4. The number of cyclic esters (lactones) is 1. The van der Waals surface area contributed by atoms with Crippen molar-refractivity contribution in [3.05, 3.63) is 21.9 Å². The molecule has 0 unspecified atom stereocenters. The highest BCUT2D eigenvalue weighted by Crippen LogP contribution is 2.26. The second kappa shape index (κ2) is 3.42. The summed E-state index contributed by atoms with van der Waals surface area (Å²) >= 11 is 1.33. The smallest absolute Gasteiger partial charge is 0.348 e. The highest BCUT2D eigenvalue weighted by atomic mass is 32.1. The van der Waals surface area contributed by atoms with Crippen LogP contribution in [-0.2, 0) is 16.0 Å². The van der Waals surface area contributed by atoms with Gasteiger partial charge in [-0.2, -0.15) is 0 Å². The number of carbonyl (C=O) groups excluding carboxylic acids is 1. The summed E-state index contributed by atoms with van der Waals surface area (Å²) in [6.45, 7) is 0. The van der Waals surface area contributed by atoms with Crippen molar-refractivity contribution in [2.45, 2.75) is 18.9 Å². The van der Waals surface area contributed by atoms with E-state index in [0.29, 0.717) is 11.3 Å². The Hall–Kier alpha value is -1.36. The maximum atomic E-state index is 11.3. The number of rotatable bonds is 2. The minimum Gasteiger partial charge on any atom is -0.481 e. The molecule has 0 saturated carbocycles. The lowest BCUT2D eigenvalue weighted by molar-refractivity contribution is -0.139. The van der Waals surface area contributed by atoms with Crippen LogP contribution in [0.2, 0.25) is 0 Å². The van der Waals surface area contributed by atoms with Crippen LogP contribution in [0, 0.1) is 0 Å². The highest BCUT2D eigenvalue weighted by molar-refractivity contribution is 7.12. The van der Waals surface area contributed by atoms with E-state index >= 15 is 0 Å². The lowest BCUT2D eigenvalue weighted by atomic mass is 10.0. The van der Waals surface area contributed by atoms with Gasteiger partial charge in [0.1, 0.15) is 11.0 Å². The Bertz CT molecular complexity index is 382. The van der Waals surface area contributed by atoms with Crippen molar-refractivity contribution >= 4 is 23.3 Å². The summed E-state index contributed by atoms with van der Waals surface area (Å²) in [6, 6.07) is 1.84. The maximum absolute atomic E-state index is 11.3. The molecule has 2 heterocycles. The number of carboxylic acid groups (broad SMARTS) is 1. The number of hydrogen-bond donors (Lipinski definition) is 1. The molecule has 1 aromatic rings. The average molecular weight is 212 g/mol. The van der Waals surface area contributed by atoms with Crippen molar-refractivity contribution in [3.63, 3.8) is 0 Å². The average Bonchev–Trinajstić information content (AvgIpc) is 2.50. The Morgan fingerprint density at radius 3 is 3.21 bits per heavy atom. The van der Waals surface area contributed by atoms with Gasteiger partial charge < -0.3 is 9.84 Å². The van der Waals surface area contributed by atoms with Gasteiger partial charge in [0.25, 0.3) is 0 Å². The van der Waals surface area contributed by atoms with E-state index in [1.54, 1.807) is 0 Å². The molecule has 14 heavy (non-hydrogen) atoms. The van der Waals surface area contributed by atoms with E-state index in [1.165, 1.54) is 11.3 Å². The zero-order valence-electron chi connectivity index (χ0n) is 7.23. The van der Waals surface area contributed by atoms with E-state index in [1.807, 2.05) is 11.4 Å². The van der Waals surface area contributed by atoms with Gasteiger partial charge in [-0.1, -0.05) is 0 Å². The van der Waals surface area contributed by atoms with Crippen LogP contribution >= 0.6 is 11.3 Å². The van der Waals surface area contributed by atoms with Crippen molar-refractivity contribution in [1.82, 2.24) is 0 Å². The van der Waals surface area contributed by atoms with Gasteiger partial charge in [0.05, 0.1) is 6.42 Å². The van der Waals surface area contributed by atoms with Crippen molar-refractivity contribution in [3.8, 4) is 0 Å². The van der Waals surface area contributed by atoms with Gasteiger partial charge >= 0.3 is 11.9 Å². The number of esters is 1. The van der Waals surface area contributed by atoms with Crippen LogP contribution in [0.4, 0.5) is 0 Å². The lowest BCUT2D eigenvalue weighted by Gasteiger charge is -2.20. The van der Waals surface area contributed by atoms with Crippen LogP contribution in [0.25, 0.3) is 0 Å². The first-order valence-electron chi connectivity index (χ1n) is 4.16. The molecule has 0 fully saturated rings. The van der Waals surface area contributed by atoms with Crippen molar-refractivity contribution in [1.29, 1.82) is 0 Å². The summed E-state index contributed by atoms with van der Waals surface area (Å²) in [4.78, 5) is 22.4. The molecule has 0 aliphatic carbocycles. The number of hydrogen-bond acceptors (Lipinski definition) is 4. The summed E-state index contributed by atoms with van der Waals surface area (Å²) in [7, 11) is 0. The van der Waals surface area contributed by atoms with E-state index in [2.05, 4.69) is 0 Å². The number of ether oxygens (including phenoxy) is 1. The second-order valence-corrected chi connectivity index (χ2v) is 4.02. The molecule has 0 spiro atoms. The Labute approximate surface area is 84.1 Å². The van der Waals surface area contributed by atoms with Crippen LogP contribution in [0.15, 0.2) is 11.4 Å². The summed E-state index contributed by atoms with van der Waals surface area (Å²) in [5.74, 6) is -1.34. The summed E-state index contributed by atoms with van der Waals surface area (Å²) < 4.78 is 4.97. The third-order valence-electron chi connectivity index (χ3n) is 2.06. The number of aliphatic carboxylic acids is 1. The third-order valence-corrected chi connectivity index (χ3v) is 2.99. The fraction of sp³-hybridized carbons (Fsp3) is 0.333. The minimum atomic E-state index is -0.943. The third kappa shape index (κ3) is 1.63. The normalized spacial score (nSPS) is 20.0.